The molecule has 1 aromatic heterocycles. The molecule has 2 aromatic rings. The summed E-state index contributed by atoms with van der Waals surface area (Å²) in [5.74, 6) is -2.65. The van der Waals surface area contributed by atoms with Crippen molar-refractivity contribution in [2.24, 2.45) is 0 Å². The lowest BCUT2D eigenvalue weighted by Gasteiger charge is -2.32. The molecule has 0 bridgehead atoms. The minimum absolute atomic E-state index is 0.0346. The van der Waals surface area contributed by atoms with Crippen LogP contribution in [0.4, 0.5) is 8.78 Å². The maximum absolute atomic E-state index is 15.3. The zero-order valence-corrected chi connectivity index (χ0v) is 22.5. The predicted octanol–water partition coefficient (Wildman–Crippen LogP) is 5.17. The first-order valence-corrected chi connectivity index (χ1v) is 15.3. The van der Waals surface area contributed by atoms with Gasteiger partial charge in [-0.2, -0.15) is 4.72 Å². The topological polar surface area (TPSA) is 122 Å². The normalized spacial score (nSPS) is 12.9. The van der Waals surface area contributed by atoms with Gasteiger partial charge in [-0.15, -0.1) is 34.5 Å². The molecule has 0 amide bonds. The van der Waals surface area contributed by atoms with E-state index in [0.29, 0.717) is 24.2 Å². The number of halogens is 4. The van der Waals surface area contributed by atoms with E-state index in [2.05, 4.69) is 4.72 Å². The Labute approximate surface area is 210 Å². The molecule has 34 heavy (non-hydrogen) atoms. The van der Waals surface area contributed by atoms with Gasteiger partial charge in [0.2, 0.25) is 11.5 Å². The molecule has 3 N–H and O–H groups in total. The number of hydrogen-bond donors (Lipinski definition) is 3. The number of sulfonamides is 1. The van der Waals surface area contributed by atoms with Crippen molar-refractivity contribution in [1.29, 1.82) is 0 Å². The number of nitrogens with one attached hydrogen (secondary N) is 1. The van der Waals surface area contributed by atoms with Gasteiger partial charge < -0.3 is 19.3 Å². The molecule has 1 heterocycles. The molecule has 0 saturated heterocycles. The Balaban J connectivity index is 2.63. The van der Waals surface area contributed by atoms with E-state index in [1.807, 2.05) is 0 Å². The van der Waals surface area contributed by atoms with Gasteiger partial charge in [-0.1, -0.05) is 13.8 Å². The summed E-state index contributed by atoms with van der Waals surface area (Å²) in [5, 5.41) is -2.44. The van der Waals surface area contributed by atoms with Crippen molar-refractivity contribution in [3.63, 3.8) is 0 Å². The number of fused-ring (bicyclic) bond motifs is 1. The summed E-state index contributed by atoms with van der Waals surface area (Å²) in [5.41, 5.74) is 0. The van der Waals surface area contributed by atoms with Gasteiger partial charge in [0.25, 0.3) is 10.0 Å². The van der Waals surface area contributed by atoms with E-state index in [9.17, 15) is 22.8 Å². The maximum atomic E-state index is 15.3. The third-order valence-electron chi connectivity index (χ3n) is 5.12. The Morgan fingerprint density at radius 1 is 1.06 bits per heavy atom. The second kappa shape index (κ2) is 12.0. The summed E-state index contributed by atoms with van der Waals surface area (Å²) >= 11 is 11.6. The van der Waals surface area contributed by atoms with Crippen LogP contribution in [0.25, 0.3) is 10.1 Å². The smallest absolute Gasteiger partial charge is 0.346 e. The highest BCUT2D eigenvalue weighted by Crippen LogP contribution is 2.53. The molecule has 0 fully saturated rings. The van der Waals surface area contributed by atoms with Crippen molar-refractivity contribution in [3.8, 4) is 11.5 Å². The molecule has 2 rings (SSSR count). The van der Waals surface area contributed by atoms with Gasteiger partial charge in [-0.05, 0) is 31.7 Å². The summed E-state index contributed by atoms with van der Waals surface area (Å²) < 4.78 is 80.7. The van der Waals surface area contributed by atoms with Gasteiger partial charge in [-0.3, -0.25) is 4.57 Å². The van der Waals surface area contributed by atoms with Crippen molar-refractivity contribution >= 4 is 62.2 Å². The fraction of sp³-hybridized carbons (Fsp3) is 0.579. The molecule has 194 valence electrons. The Morgan fingerprint density at radius 3 is 2.00 bits per heavy atom. The first-order valence-electron chi connectivity index (χ1n) is 10.3. The lowest BCUT2D eigenvalue weighted by Crippen LogP contribution is -2.46. The van der Waals surface area contributed by atoms with Crippen LogP contribution >= 0.6 is 42.1 Å². The van der Waals surface area contributed by atoms with Gasteiger partial charge >= 0.3 is 7.60 Å². The van der Waals surface area contributed by atoms with E-state index in [0.717, 1.165) is 6.07 Å². The minimum Gasteiger partial charge on any atom is -0.487 e. The van der Waals surface area contributed by atoms with Crippen molar-refractivity contribution < 1.29 is 41.0 Å². The Kier molecular flexibility index (Phi) is 10.4. The average molecular weight is 584 g/mol. The molecule has 0 radical (unpaired) electrons. The van der Waals surface area contributed by atoms with Crippen LogP contribution in [0.15, 0.2) is 10.3 Å². The molecule has 0 aliphatic rings. The van der Waals surface area contributed by atoms with Crippen LogP contribution in [0, 0.1) is 11.6 Å². The van der Waals surface area contributed by atoms with Crippen LogP contribution in [-0.2, 0) is 14.6 Å². The molecule has 0 spiro atoms. The number of hydrogen-bond acceptors (Lipinski definition) is 6. The summed E-state index contributed by atoms with van der Waals surface area (Å²) in [4.78, 5) is 19.5. The first kappa shape index (κ1) is 29.5. The monoisotopic (exact) mass is 583 g/mol. The van der Waals surface area contributed by atoms with E-state index in [1.165, 1.54) is 13.8 Å². The van der Waals surface area contributed by atoms with E-state index < -0.39 is 50.2 Å². The van der Waals surface area contributed by atoms with E-state index >= 15 is 8.78 Å². The van der Waals surface area contributed by atoms with Gasteiger partial charge in [0.1, 0.15) is 9.49 Å². The summed E-state index contributed by atoms with van der Waals surface area (Å²) in [7, 11) is -9.48. The molecular formula is C19H26Cl2F2NO7PS2. The van der Waals surface area contributed by atoms with E-state index in [-0.39, 0.29) is 47.9 Å². The number of benzene rings is 1. The number of rotatable bonds is 14. The van der Waals surface area contributed by atoms with Crippen LogP contribution in [0.3, 0.4) is 0 Å². The molecule has 0 aliphatic carbocycles. The molecule has 0 unspecified atom stereocenters. The van der Waals surface area contributed by atoms with Crippen molar-refractivity contribution in [1.82, 2.24) is 4.72 Å². The number of ether oxygens (including phenoxy) is 2. The number of thiophene rings is 1. The third-order valence-corrected chi connectivity index (χ3v) is 10.8. The van der Waals surface area contributed by atoms with E-state index in [4.69, 9.17) is 32.7 Å². The quantitative estimate of drug-likeness (QED) is 0.159. The van der Waals surface area contributed by atoms with Gasteiger partial charge in [0, 0.05) is 17.1 Å². The second-order valence-corrected chi connectivity index (χ2v) is 12.9. The zero-order valence-electron chi connectivity index (χ0n) is 18.4. The lowest BCUT2D eigenvalue weighted by molar-refractivity contribution is 0.250. The molecular weight excluding hydrogens is 558 g/mol. The highest BCUT2D eigenvalue weighted by atomic mass is 35.5. The highest BCUT2D eigenvalue weighted by molar-refractivity contribution is 7.92. The van der Waals surface area contributed by atoms with Crippen LogP contribution in [0.5, 0.6) is 11.5 Å². The summed E-state index contributed by atoms with van der Waals surface area (Å²) in [6, 6.07) is 0.896. The molecule has 0 aliphatic heterocycles. The fourth-order valence-electron chi connectivity index (χ4n) is 3.13. The van der Waals surface area contributed by atoms with Gasteiger partial charge in [0.05, 0.1) is 17.9 Å². The van der Waals surface area contributed by atoms with Crippen molar-refractivity contribution in [2.75, 3.05) is 25.0 Å². The van der Waals surface area contributed by atoms with Crippen LogP contribution in [0.1, 0.15) is 39.5 Å². The van der Waals surface area contributed by atoms with Crippen LogP contribution in [0.2, 0.25) is 0 Å². The highest BCUT2D eigenvalue weighted by Gasteiger charge is 2.47. The SMILES string of the molecule is CCC(CC)(NS(=O)(=O)c1cc2c(F)c(OCCCCl)c(OCCCCl)c(F)c2s1)P(=O)(O)O. The van der Waals surface area contributed by atoms with Crippen LogP contribution in [-0.4, -0.2) is 48.5 Å². The second-order valence-electron chi connectivity index (χ2n) is 7.26. The molecule has 1 aromatic carbocycles. The summed E-state index contributed by atoms with van der Waals surface area (Å²) in [6.07, 6.45) is 0.261. The van der Waals surface area contributed by atoms with Crippen molar-refractivity contribution in [2.45, 2.75) is 49.0 Å². The minimum atomic E-state index is -4.92. The Hall–Kier alpha value is -0.720. The maximum Gasteiger partial charge on any atom is 0.346 e. The average Bonchev–Trinajstić information content (AvgIpc) is 3.23. The molecule has 0 atom stereocenters. The predicted molar refractivity (Wildman–Crippen MR) is 129 cm³/mol. The van der Waals surface area contributed by atoms with Crippen molar-refractivity contribution in [3.05, 3.63) is 17.7 Å². The van der Waals surface area contributed by atoms with Gasteiger partial charge in [0.15, 0.2) is 11.6 Å². The standard InChI is InChI=1S/C19H26Cl2F2NO7PS2/c1-3-19(4-2,32(25,26)27)24-34(28,29)13-11-12-14(22)16(30-9-5-7-20)17(31-10-6-8-21)15(23)18(12)33-13/h11,24H,3-10H2,1-2H3,(H2,25,26,27). The largest absolute Gasteiger partial charge is 0.487 e. The molecule has 0 saturated carbocycles. The number of alkyl halides is 2. The zero-order chi connectivity index (χ0) is 25.7. The molecule has 8 nitrogen and oxygen atoms in total. The first-order chi connectivity index (χ1) is 15.9. The lowest BCUT2D eigenvalue weighted by atomic mass is 10.2. The third kappa shape index (κ3) is 6.15. The Bertz CT molecular complexity index is 1100. The Morgan fingerprint density at radius 2 is 1.56 bits per heavy atom. The van der Waals surface area contributed by atoms with E-state index in [1.54, 1.807) is 0 Å². The van der Waals surface area contributed by atoms with Crippen LogP contribution < -0.4 is 14.2 Å². The van der Waals surface area contributed by atoms with Gasteiger partial charge in [-0.25, -0.2) is 17.2 Å². The fourth-order valence-corrected chi connectivity index (χ4v) is 7.81. The summed E-state index contributed by atoms with van der Waals surface area (Å²) in [6.45, 7) is 2.77. The molecule has 15 heteroatoms.